The number of aliphatic carboxylic acids is 1. The molecule has 1 aromatic heterocycles. The highest BCUT2D eigenvalue weighted by atomic mass is 16.4. The van der Waals surface area contributed by atoms with E-state index < -0.39 is 5.97 Å². The van der Waals surface area contributed by atoms with Crippen molar-refractivity contribution in [3.8, 4) is 0 Å². The molecule has 2 N–H and O–H groups in total. The molecule has 5 heteroatoms. The quantitative estimate of drug-likeness (QED) is 0.827. The summed E-state index contributed by atoms with van der Waals surface area (Å²) in [4.78, 5) is 23.8. The van der Waals surface area contributed by atoms with Gasteiger partial charge in [-0.05, 0) is 37.7 Å². The molecule has 0 spiro atoms. The maximum Gasteiger partial charge on any atom is 0.311 e. The van der Waals surface area contributed by atoms with Crippen LogP contribution in [0, 0.1) is 12.8 Å². The number of furan rings is 1. The number of carboxylic acid groups (broad SMARTS) is 1. The zero-order valence-electron chi connectivity index (χ0n) is 15.0. The summed E-state index contributed by atoms with van der Waals surface area (Å²) in [6.45, 7) is 1.77. The monoisotopic (exact) mass is 355 g/mol. The second kappa shape index (κ2) is 8.21. The molecule has 3 rings (SSSR count). The maximum atomic E-state index is 12.8. The number of hydrogen-bond donors (Lipinski definition) is 2. The van der Waals surface area contributed by atoms with Gasteiger partial charge in [-0.2, -0.15) is 0 Å². The number of rotatable bonds is 6. The number of amides is 1. The average molecular weight is 355 g/mol. The Balaban J connectivity index is 1.72. The fourth-order valence-corrected chi connectivity index (χ4v) is 3.87. The van der Waals surface area contributed by atoms with Gasteiger partial charge in [0.05, 0.1) is 11.8 Å². The molecular weight excluding hydrogens is 330 g/mol. The fourth-order valence-electron chi connectivity index (χ4n) is 3.87. The van der Waals surface area contributed by atoms with Gasteiger partial charge in [-0.15, -0.1) is 0 Å². The van der Waals surface area contributed by atoms with Crippen molar-refractivity contribution in [2.45, 2.75) is 51.5 Å². The Kier molecular flexibility index (Phi) is 5.76. The average Bonchev–Trinajstić information content (AvgIpc) is 2.97. The van der Waals surface area contributed by atoms with Gasteiger partial charge in [-0.25, -0.2) is 0 Å². The summed E-state index contributed by atoms with van der Waals surface area (Å²) >= 11 is 0. The zero-order chi connectivity index (χ0) is 18.5. The van der Waals surface area contributed by atoms with Gasteiger partial charge in [-0.1, -0.05) is 43.2 Å². The third-order valence-electron chi connectivity index (χ3n) is 5.16. The first-order valence-electron chi connectivity index (χ1n) is 9.18. The first kappa shape index (κ1) is 18.2. The summed E-state index contributed by atoms with van der Waals surface area (Å²) in [6.07, 6.45) is 6.43. The Bertz CT molecular complexity index is 766. The molecule has 1 heterocycles. The van der Waals surface area contributed by atoms with E-state index >= 15 is 0 Å². The molecule has 0 radical (unpaired) electrons. The minimum atomic E-state index is -1.01. The number of carbonyl (C=O) groups excluding carboxylic acids is 1. The molecule has 5 nitrogen and oxygen atoms in total. The van der Waals surface area contributed by atoms with Crippen molar-refractivity contribution in [1.29, 1.82) is 0 Å². The van der Waals surface area contributed by atoms with Gasteiger partial charge in [0, 0.05) is 11.6 Å². The van der Waals surface area contributed by atoms with Gasteiger partial charge in [0.2, 0.25) is 0 Å². The molecule has 0 saturated heterocycles. The van der Waals surface area contributed by atoms with Crippen LogP contribution in [-0.2, 0) is 17.6 Å². The molecule has 1 aliphatic carbocycles. The molecule has 1 amide bonds. The molecular formula is C21H25NO4. The SMILES string of the molecule is Cc1coc(CC(=O)O)c1C(=O)NC1CCCCC1Cc1ccccc1. The van der Waals surface area contributed by atoms with Gasteiger partial charge in [0.1, 0.15) is 12.2 Å². The molecule has 1 fully saturated rings. The minimum Gasteiger partial charge on any atom is -0.481 e. The predicted molar refractivity (Wildman–Crippen MR) is 98.1 cm³/mol. The molecule has 1 aromatic carbocycles. The number of carboxylic acids is 1. The largest absolute Gasteiger partial charge is 0.481 e. The van der Waals surface area contributed by atoms with Crippen LogP contribution in [0.25, 0.3) is 0 Å². The van der Waals surface area contributed by atoms with E-state index in [0.29, 0.717) is 17.0 Å². The first-order valence-corrected chi connectivity index (χ1v) is 9.18. The smallest absolute Gasteiger partial charge is 0.311 e. The zero-order valence-corrected chi connectivity index (χ0v) is 15.0. The van der Waals surface area contributed by atoms with Crippen LogP contribution in [0.2, 0.25) is 0 Å². The van der Waals surface area contributed by atoms with Crippen LogP contribution in [0.3, 0.4) is 0 Å². The van der Waals surface area contributed by atoms with Gasteiger partial charge in [0.25, 0.3) is 5.91 Å². The fraction of sp³-hybridized carbons (Fsp3) is 0.429. The van der Waals surface area contributed by atoms with Crippen LogP contribution in [0.15, 0.2) is 41.0 Å². The standard InChI is InChI=1S/C21H25NO4/c1-14-13-26-18(12-19(23)24)20(14)21(25)22-17-10-6-5-9-16(17)11-15-7-3-2-4-8-15/h2-4,7-8,13,16-17H,5-6,9-12H2,1H3,(H,22,25)(H,23,24). The van der Waals surface area contributed by atoms with E-state index in [2.05, 4.69) is 17.4 Å². The Labute approximate surface area is 153 Å². The van der Waals surface area contributed by atoms with Crippen molar-refractivity contribution in [2.24, 2.45) is 5.92 Å². The lowest BCUT2D eigenvalue weighted by molar-refractivity contribution is -0.136. The number of carbonyl (C=O) groups is 2. The Hall–Kier alpha value is -2.56. The lowest BCUT2D eigenvalue weighted by Crippen LogP contribution is -2.43. The van der Waals surface area contributed by atoms with Gasteiger partial charge < -0.3 is 14.8 Å². The summed E-state index contributed by atoms with van der Waals surface area (Å²) in [5.41, 5.74) is 2.33. The van der Waals surface area contributed by atoms with E-state index in [4.69, 9.17) is 9.52 Å². The predicted octanol–water partition coefficient (Wildman–Crippen LogP) is 3.75. The summed E-state index contributed by atoms with van der Waals surface area (Å²) in [7, 11) is 0. The minimum absolute atomic E-state index is 0.100. The Morgan fingerprint density at radius 3 is 2.65 bits per heavy atom. The van der Waals surface area contributed by atoms with E-state index in [1.807, 2.05) is 18.2 Å². The third kappa shape index (κ3) is 4.34. The topological polar surface area (TPSA) is 79.5 Å². The van der Waals surface area contributed by atoms with E-state index in [1.54, 1.807) is 6.92 Å². The summed E-state index contributed by atoms with van der Waals surface area (Å²) in [6, 6.07) is 10.4. The van der Waals surface area contributed by atoms with E-state index in [0.717, 1.165) is 25.7 Å². The van der Waals surface area contributed by atoms with Crippen LogP contribution in [0.5, 0.6) is 0 Å². The summed E-state index contributed by atoms with van der Waals surface area (Å²) in [5.74, 6) is -0.612. The normalized spacial score (nSPS) is 19.9. The molecule has 138 valence electrons. The second-order valence-electron chi connectivity index (χ2n) is 7.10. The highest BCUT2D eigenvalue weighted by molar-refractivity contribution is 5.97. The molecule has 0 bridgehead atoms. The Morgan fingerprint density at radius 2 is 1.92 bits per heavy atom. The molecule has 2 unspecified atom stereocenters. The molecule has 26 heavy (non-hydrogen) atoms. The van der Waals surface area contributed by atoms with Crippen LogP contribution in [0.1, 0.15) is 52.9 Å². The number of nitrogens with one attached hydrogen (secondary N) is 1. The van der Waals surface area contributed by atoms with Crippen molar-refractivity contribution in [1.82, 2.24) is 5.32 Å². The summed E-state index contributed by atoms with van der Waals surface area (Å²) in [5, 5.41) is 12.2. The van der Waals surface area contributed by atoms with E-state index in [1.165, 1.54) is 18.2 Å². The Morgan fingerprint density at radius 1 is 1.19 bits per heavy atom. The molecule has 1 aliphatic rings. The number of benzene rings is 1. The molecule has 2 atom stereocenters. The molecule has 1 saturated carbocycles. The van der Waals surface area contributed by atoms with Crippen LogP contribution < -0.4 is 5.32 Å². The van der Waals surface area contributed by atoms with E-state index in [-0.39, 0.29) is 24.1 Å². The number of hydrogen-bond acceptors (Lipinski definition) is 3. The van der Waals surface area contributed by atoms with Crippen LogP contribution >= 0.6 is 0 Å². The lowest BCUT2D eigenvalue weighted by atomic mass is 9.80. The highest BCUT2D eigenvalue weighted by Crippen LogP contribution is 2.28. The van der Waals surface area contributed by atoms with Crippen molar-refractivity contribution >= 4 is 11.9 Å². The van der Waals surface area contributed by atoms with Crippen LogP contribution in [0.4, 0.5) is 0 Å². The van der Waals surface area contributed by atoms with Crippen LogP contribution in [-0.4, -0.2) is 23.0 Å². The van der Waals surface area contributed by atoms with Crippen molar-refractivity contribution < 1.29 is 19.1 Å². The van der Waals surface area contributed by atoms with Crippen molar-refractivity contribution in [3.05, 3.63) is 59.0 Å². The highest BCUT2D eigenvalue weighted by Gasteiger charge is 2.29. The van der Waals surface area contributed by atoms with Crippen molar-refractivity contribution in [3.63, 3.8) is 0 Å². The lowest BCUT2D eigenvalue weighted by Gasteiger charge is -2.32. The molecule has 2 aromatic rings. The van der Waals surface area contributed by atoms with Gasteiger partial charge in [-0.3, -0.25) is 9.59 Å². The first-order chi connectivity index (χ1) is 12.5. The van der Waals surface area contributed by atoms with Gasteiger partial charge in [0.15, 0.2) is 0 Å². The van der Waals surface area contributed by atoms with E-state index in [9.17, 15) is 9.59 Å². The number of aryl methyl sites for hydroxylation is 1. The van der Waals surface area contributed by atoms with Gasteiger partial charge >= 0.3 is 5.97 Å². The molecule has 0 aliphatic heterocycles. The maximum absolute atomic E-state index is 12.8. The third-order valence-corrected chi connectivity index (χ3v) is 5.16. The second-order valence-corrected chi connectivity index (χ2v) is 7.10. The summed E-state index contributed by atoms with van der Waals surface area (Å²) < 4.78 is 5.30. The van der Waals surface area contributed by atoms with Crippen molar-refractivity contribution in [2.75, 3.05) is 0 Å².